The van der Waals surface area contributed by atoms with E-state index in [2.05, 4.69) is 22.0 Å². The van der Waals surface area contributed by atoms with Crippen LogP contribution in [0.2, 0.25) is 0 Å². The van der Waals surface area contributed by atoms with E-state index in [0.29, 0.717) is 5.78 Å². The molecular formula is C13H19N5O. The summed E-state index contributed by atoms with van der Waals surface area (Å²) in [5, 5.41) is 4.23. The summed E-state index contributed by atoms with van der Waals surface area (Å²) in [6, 6.07) is 1.91. The fourth-order valence-electron chi connectivity index (χ4n) is 1.92. The highest BCUT2D eigenvalue weighted by molar-refractivity contribution is 5.90. The zero-order valence-electron chi connectivity index (χ0n) is 11.8. The van der Waals surface area contributed by atoms with E-state index in [1.165, 1.54) is 0 Å². The normalized spacial score (nSPS) is 10.9. The van der Waals surface area contributed by atoms with Gasteiger partial charge in [0.15, 0.2) is 0 Å². The highest BCUT2D eigenvalue weighted by Crippen LogP contribution is 2.07. The van der Waals surface area contributed by atoms with E-state index in [4.69, 9.17) is 0 Å². The first-order valence-electron chi connectivity index (χ1n) is 6.49. The molecule has 0 saturated heterocycles. The summed E-state index contributed by atoms with van der Waals surface area (Å²) in [5.41, 5.74) is 1.79. The highest BCUT2D eigenvalue weighted by atomic mass is 16.2. The molecule has 0 saturated carbocycles. The maximum absolute atomic E-state index is 12.2. The van der Waals surface area contributed by atoms with E-state index in [9.17, 15) is 4.79 Å². The molecule has 19 heavy (non-hydrogen) atoms. The van der Waals surface area contributed by atoms with Crippen LogP contribution in [0.5, 0.6) is 0 Å². The first-order chi connectivity index (χ1) is 9.02. The van der Waals surface area contributed by atoms with Crippen LogP contribution in [0.15, 0.2) is 6.07 Å². The molecule has 0 aliphatic heterocycles. The lowest BCUT2D eigenvalue weighted by Crippen LogP contribution is -2.28. The molecule has 0 aliphatic rings. The minimum absolute atomic E-state index is 0.156. The molecule has 1 amide bonds. The Labute approximate surface area is 112 Å². The van der Waals surface area contributed by atoms with Crippen LogP contribution in [0.4, 0.5) is 0 Å². The Bertz CT molecular complexity index is 604. The molecule has 0 spiro atoms. The van der Waals surface area contributed by atoms with Gasteiger partial charge in [-0.15, -0.1) is 5.10 Å². The van der Waals surface area contributed by atoms with Crippen LogP contribution in [0.3, 0.4) is 0 Å². The van der Waals surface area contributed by atoms with Crippen molar-refractivity contribution in [1.82, 2.24) is 24.5 Å². The van der Waals surface area contributed by atoms with Crippen molar-refractivity contribution in [2.75, 3.05) is 13.6 Å². The zero-order valence-corrected chi connectivity index (χ0v) is 11.8. The average Bonchev–Trinajstić information content (AvgIpc) is 2.79. The van der Waals surface area contributed by atoms with Crippen molar-refractivity contribution in [2.24, 2.45) is 0 Å². The maximum atomic E-state index is 12.2. The number of fused-ring (bicyclic) bond motifs is 1. The predicted molar refractivity (Wildman–Crippen MR) is 72.1 cm³/mol. The maximum Gasteiger partial charge on any atom is 0.293 e. The van der Waals surface area contributed by atoms with E-state index in [1.807, 2.05) is 19.9 Å². The number of hydrogen-bond acceptors (Lipinski definition) is 4. The van der Waals surface area contributed by atoms with Crippen LogP contribution in [0.1, 0.15) is 41.8 Å². The molecule has 6 nitrogen and oxygen atoms in total. The standard InChI is InChI=1S/C13H19N5O/c1-5-6-7-17(4)12(19)11-15-13-14-9(2)8-10(3)18(13)16-11/h8H,5-7H2,1-4H3. The Morgan fingerprint density at radius 3 is 2.79 bits per heavy atom. The Morgan fingerprint density at radius 2 is 2.11 bits per heavy atom. The Kier molecular flexibility index (Phi) is 3.78. The second-order valence-corrected chi connectivity index (χ2v) is 4.77. The summed E-state index contributed by atoms with van der Waals surface area (Å²) in [5.74, 6) is 0.528. The molecule has 2 aromatic heterocycles. The number of nitrogens with zero attached hydrogens (tertiary/aromatic N) is 5. The molecule has 6 heteroatoms. The molecule has 0 bridgehead atoms. The van der Waals surface area contributed by atoms with Gasteiger partial charge in [0, 0.05) is 25.0 Å². The topological polar surface area (TPSA) is 63.4 Å². The number of carbonyl (C=O) groups is 1. The van der Waals surface area contributed by atoms with Crippen LogP contribution in [0.25, 0.3) is 5.78 Å². The summed E-state index contributed by atoms with van der Waals surface area (Å²) in [6.07, 6.45) is 2.03. The van der Waals surface area contributed by atoms with Crippen LogP contribution < -0.4 is 0 Å². The van der Waals surface area contributed by atoms with Crippen molar-refractivity contribution < 1.29 is 4.79 Å². The van der Waals surface area contributed by atoms with Crippen LogP contribution in [0, 0.1) is 13.8 Å². The molecule has 0 fully saturated rings. The monoisotopic (exact) mass is 261 g/mol. The third kappa shape index (κ3) is 2.72. The second-order valence-electron chi connectivity index (χ2n) is 4.77. The lowest BCUT2D eigenvalue weighted by molar-refractivity contribution is 0.0781. The number of amides is 1. The minimum atomic E-state index is -0.156. The number of aromatic nitrogens is 4. The van der Waals surface area contributed by atoms with Gasteiger partial charge in [0.05, 0.1) is 0 Å². The van der Waals surface area contributed by atoms with Gasteiger partial charge in [-0.05, 0) is 26.3 Å². The average molecular weight is 261 g/mol. The van der Waals surface area contributed by atoms with Gasteiger partial charge in [0.1, 0.15) is 0 Å². The number of aryl methyl sites for hydroxylation is 2. The van der Waals surface area contributed by atoms with Gasteiger partial charge in [-0.1, -0.05) is 13.3 Å². The molecule has 2 aromatic rings. The molecule has 0 atom stereocenters. The largest absolute Gasteiger partial charge is 0.339 e. The SMILES string of the molecule is CCCCN(C)C(=O)c1nc2nc(C)cc(C)n2n1. The van der Waals surface area contributed by atoms with E-state index in [-0.39, 0.29) is 11.7 Å². The van der Waals surface area contributed by atoms with Gasteiger partial charge in [-0.2, -0.15) is 4.98 Å². The van der Waals surface area contributed by atoms with E-state index in [1.54, 1.807) is 16.5 Å². The lowest BCUT2D eigenvalue weighted by atomic mass is 10.3. The van der Waals surface area contributed by atoms with E-state index >= 15 is 0 Å². The molecule has 2 rings (SSSR count). The van der Waals surface area contributed by atoms with Gasteiger partial charge in [-0.25, -0.2) is 9.50 Å². The smallest absolute Gasteiger partial charge is 0.293 e. The first-order valence-corrected chi connectivity index (χ1v) is 6.49. The van der Waals surface area contributed by atoms with Gasteiger partial charge in [-0.3, -0.25) is 4.79 Å². The summed E-state index contributed by atoms with van der Waals surface area (Å²) < 4.78 is 1.61. The van der Waals surface area contributed by atoms with Crippen molar-refractivity contribution in [3.8, 4) is 0 Å². The molecule has 0 unspecified atom stereocenters. The lowest BCUT2D eigenvalue weighted by Gasteiger charge is -2.13. The number of hydrogen-bond donors (Lipinski definition) is 0. The molecule has 0 aliphatic carbocycles. The van der Waals surface area contributed by atoms with Crippen LogP contribution >= 0.6 is 0 Å². The zero-order chi connectivity index (χ0) is 14.0. The van der Waals surface area contributed by atoms with Crippen LogP contribution in [-0.4, -0.2) is 44.0 Å². The van der Waals surface area contributed by atoms with Crippen molar-refractivity contribution >= 4 is 11.7 Å². The Balaban J connectivity index is 2.30. The van der Waals surface area contributed by atoms with E-state index < -0.39 is 0 Å². The van der Waals surface area contributed by atoms with Crippen molar-refractivity contribution in [3.05, 3.63) is 23.3 Å². The quantitative estimate of drug-likeness (QED) is 0.839. The van der Waals surface area contributed by atoms with Gasteiger partial charge in [0.25, 0.3) is 11.7 Å². The molecular weight excluding hydrogens is 242 g/mol. The Hall–Kier alpha value is -1.98. The molecule has 2 heterocycles. The highest BCUT2D eigenvalue weighted by Gasteiger charge is 2.18. The second kappa shape index (κ2) is 5.34. The number of unbranched alkanes of at least 4 members (excludes halogenated alkanes) is 1. The van der Waals surface area contributed by atoms with Gasteiger partial charge in [0.2, 0.25) is 5.82 Å². The third-order valence-corrected chi connectivity index (χ3v) is 3.00. The van der Waals surface area contributed by atoms with Gasteiger partial charge >= 0.3 is 0 Å². The summed E-state index contributed by atoms with van der Waals surface area (Å²) >= 11 is 0. The van der Waals surface area contributed by atoms with Crippen LogP contribution in [-0.2, 0) is 0 Å². The van der Waals surface area contributed by atoms with Crippen molar-refractivity contribution in [2.45, 2.75) is 33.6 Å². The summed E-state index contributed by atoms with van der Waals surface area (Å²) in [6.45, 7) is 6.63. The predicted octanol–water partition coefficient (Wildman–Crippen LogP) is 1.61. The first kappa shape index (κ1) is 13.5. The summed E-state index contributed by atoms with van der Waals surface area (Å²) in [4.78, 5) is 22.3. The fourth-order valence-corrected chi connectivity index (χ4v) is 1.92. The van der Waals surface area contributed by atoms with Crippen molar-refractivity contribution in [3.63, 3.8) is 0 Å². The van der Waals surface area contributed by atoms with E-state index in [0.717, 1.165) is 30.8 Å². The molecule has 0 aromatic carbocycles. The summed E-state index contributed by atoms with van der Waals surface area (Å²) in [7, 11) is 1.77. The fraction of sp³-hybridized carbons (Fsp3) is 0.538. The molecule has 0 radical (unpaired) electrons. The Morgan fingerprint density at radius 1 is 1.37 bits per heavy atom. The molecule has 102 valence electrons. The van der Waals surface area contributed by atoms with Gasteiger partial charge < -0.3 is 4.90 Å². The van der Waals surface area contributed by atoms with Crippen molar-refractivity contribution in [1.29, 1.82) is 0 Å². The third-order valence-electron chi connectivity index (χ3n) is 3.00. The minimum Gasteiger partial charge on any atom is -0.339 e. The number of carbonyl (C=O) groups excluding carboxylic acids is 1. The molecule has 0 N–H and O–H groups in total. The number of rotatable bonds is 4.